The number of hydrogen-bond acceptors (Lipinski definition) is 5. The number of hydrogen-bond donors (Lipinski definition) is 2. The number of nitrogens with zero attached hydrogens (tertiary/aromatic N) is 2. The summed E-state index contributed by atoms with van der Waals surface area (Å²) in [6.07, 6.45) is 3.54. The summed E-state index contributed by atoms with van der Waals surface area (Å²) in [4.78, 5) is 16.2. The van der Waals surface area contributed by atoms with Crippen molar-refractivity contribution in [1.29, 1.82) is 5.26 Å². The van der Waals surface area contributed by atoms with Crippen LogP contribution in [0, 0.1) is 11.3 Å². The molecule has 7 nitrogen and oxygen atoms in total. The van der Waals surface area contributed by atoms with Gasteiger partial charge in [0.2, 0.25) is 9.84 Å². The minimum atomic E-state index is -3.68. The first kappa shape index (κ1) is 20.0. The summed E-state index contributed by atoms with van der Waals surface area (Å²) in [5.74, 6) is 0. The number of aromatic nitrogens is 1. The molecular weight excluding hydrogens is 388 g/mol. The Hall–Kier alpha value is -3.70. The number of nitriles is 1. The minimum Gasteiger partial charge on any atom is -0.334 e. The van der Waals surface area contributed by atoms with Crippen molar-refractivity contribution in [2.75, 3.05) is 5.32 Å². The number of carbonyl (C=O) groups is 1. The van der Waals surface area contributed by atoms with Gasteiger partial charge in [-0.2, -0.15) is 5.26 Å². The minimum absolute atomic E-state index is 0.117. The zero-order valence-corrected chi connectivity index (χ0v) is 16.2. The Morgan fingerprint density at radius 1 is 0.966 bits per heavy atom. The predicted octanol–water partition coefficient (Wildman–Crippen LogP) is 3.30. The van der Waals surface area contributed by atoms with Crippen molar-refractivity contribution >= 4 is 21.6 Å². The molecule has 1 aromatic heterocycles. The van der Waals surface area contributed by atoms with E-state index in [1.54, 1.807) is 30.6 Å². The number of benzene rings is 2. The molecule has 146 valence electrons. The van der Waals surface area contributed by atoms with Crippen LogP contribution in [0.2, 0.25) is 0 Å². The average Bonchev–Trinajstić information content (AvgIpc) is 2.74. The summed E-state index contributed by atoms with van der Waals surface area (Å²) in [7, 11) is -3.68. The van der Waals surface area contributed by atoms with E-state index in [-0.39, 0.29) is 16.2 Å². The highest BCUT2D eigenvalue weighted by Gasteiger charge is 2.17. The molecule has 0 aliphatic rings. The molecular formula is C21H18N4O3S. The van der Waals surface area contributed by atoms with E-state index in [1.165, 1.54) is 36.4 Å². The molecule has 0 aliphatic carbocycles. The van der Waals surface area contributed by atoms with E-state index >= 15 is 0 Å². The lowest BCUT2D eigenvalue weighted by atomic mass is 10.2. The van der Waals surface area contributed by atoms with Crippen LogP contribution in [0.15, 0.2) is 82.8 Å². The number of sulfone groups is 1. The fraction of sp³-hybridized carbons (Fsp3) is 0.0952. The third-order valence-corrected chi connectivity index (χ3v) is 5.90. The molecule has 0 unspecified atom stereocenters. The summed E-state index contributed by atoms with van der Waals surface area (Å²) in [6, 6.07) is 17.4. The van der Waals surface area contributed by atoms with Crippen molar-refractivity contribution in [3.8, 4) is 6.07 Å². The largest absolute Gasteiger partial charge is 0.334 e. The van der Waals surface area contributed by atoms with Gasteiger partial charge in [-0.25, -0.2) is 13.2 Å². The zero-order chi connectivity index (χ0) is 20.7. The Kier molecular flexibility index (Phi) is 6.22. The first-order valence-electron chi connectivity index (χ1n) is 8.74. The highest BCUT2D eigenvalue weighted by molar-refractivity contribution is 7.91. The molecule has 0 saturated carbocycles. The molecule has 0 saturated heterocycles. The topological polar surface area (TPSA) is 112 Å². The maximum atomic E-state index is 12.7. The van der Waals surface area contributed by atoms with Gasteiger partial charge >= 0.3 is 6.03 Å². The Morgan fingerprint density at radius 3 is 2.21 bits per heavy atom. The van der Waals surface area contributed by atoms with Crippen LogP contribution in [0.1, 0.15) is 11.1 Å². The molecule has 1 heterocycles. The van der Waals surface area contributed by atoms with Gasteiger partial charge in [-0.15, -0.1) is 0 Å². The lowest BCUT2D eigenvalue weighted by molar-refractivity contribution is 0.251. The van der Waals surface area contributed by atoms with Gasteiger partial charge in [-0.05, 0) is 53.6 Å². The van der Waals surface area contributed by atoms with Gasteiger partial charge in [-0.1, -0.05) is 18.2 Å². The summed E-state index contributed by atoms with van der Waals surface area (Å²) in [6.45, 7) is 0.327. The van der Waals surface area contributed by atoms with E-state index in [0.29, 0.717) is 12.2 Å². The second-order valence-corrected chi connectivity index (χ2v) is 8.13. The first-order valence-corrected chi connectivity index (χ1v) is 10.2. The van der Waals surface area contributed by atoms with Crippen LogP contribution in [0.4, 0.5) is 10.5 Å². The van der Waals surface area contributed by atoms with Crippen molar-refractivity contribution in [2.24, 2.45) is 0 Å². The van der Waals surface area contributed by atoms with Crippen LogP contribution >= 0.6 is 0 Å². The molecule has 0 fully saturated rings. The molecule has 0 bridgehead atoms. The average molecular weight is 406 g/mol. The molecule has 2 aromatic carbocycles. The van der Waals surface area contributed by atoms with Gasteiger partial charge in [0.1, 0.15) is 0 Å². The molecule has 0 atom stereocenters. The Labute approximate surface area is 169 Å². The van der Waals surface area contributed by atoms with E-state index in [0.717, 1.165) is 11.1 Å². The van der Waals surface area contributed by atoms with Crippen LogP contribution in [0.3, 0.4) is 0 Å². The van der Waals surface area contributed by atoms with Gasteiger partial charge < -0.3 is 10.6 Å². The van der Waals surface area contributed by atoms with Crippen LogP contribution in [0.25, 0.3) is 0 Å². The van der Waals surface area contributed by atoms with Gasteiger partial charge in [0, 0.05) is 24.6 Å². The quantitative estimate of drug-likeness (QED) is 0.652. The van der Waals surface area contributed by atoms with Crippen molar-refractivity contribution in [3.63, 3.8) is 0 Å². The molecule has 29 heavy (non-hydrogen) atoms. The highest BCUT2D eigenvalue weighted by atomic mass is 32.2. The van der Waals surface area contributed by atoms with Crippen molar-refractivity contribution < 1.29 is 13.2 Å². The number of nitrogens with one attached hydrogen (secondary N) is 2. The number of amides is 2. The summed E-state index contributed by atoms with van der Waals surface area (Å²) >= 11 is 0. The Bertz CT molecular complexity index is 1120. The SMILES string of the molecule is N#CCc1ccc(S(=O)(=O)c2ccc(NC(=O)NCc3cccnc3)cc2)cc1. The van der Waals surface area contributed by atoms with Crippen molar-refractivity contribution in [2.45, 2.75) is 22.8 Å². The second-order valence-electron chi connectivity index (χ2n) is 6.18. The zero-order valence-electron chi connectivity index (χ0n) is 15.4. The number of carbonyl (C=O) groups excluding carboxylic acids is 1. The van der Waals surface area contributed by atoms with Crippen LogP contribution in [-0.2, 0) is 22.8 Å². The Morgan fingerprint density at radius 2 is 1.62 bits per heavy atom. The maximum absolute atomic E-state index is 12.7. The molecule has 0 spiro atoms. The van der Waals surface area contributed by atoms with E-state index in [1.807, 2.05) is 12.1 Å². The third-order valence-electron chi connectivity index (χ3n) is 4.12. The number of anilines is 1. The lowest BCUT2D eigenvalue weighted by Gasteiger charge is -2.09. The molecule has 2 amide bonds. The summed E-state index contributed by atoms with van der Waals surface area (Å²) in [5, 5.41) is 14.1. The lowest BCUT2D eigenvalue weighted by Crippen LogP contribution is -2.28. The maximum Gasteiger partial charge on any atom is 0.319 e. The third kappa shape index (κ3) is 5.18. The van der Waals surface area contributed by atoms with E-state index < -0.39 is 15.9 Å². The summed E-state index contributed by atoms with van der Waals surface area (Å²) < 4.78 is 25.5. The first-order chi connectivity index (χ1) is 14.0. The number of rotatable bonds is 6. The second kappa shape index (κ2) is 8.99. The normalized spacial score (nSPS) is 10.7. The standard InChI is InChI=1S/C21H18N4O3S/c22-12-11-16-3-7-19(8-4-16)29(27,28)20-9-5-18(6-10-20)25-21(26)24-15-17-2-1-13-23-14-17/h1-10,13-14H,11,15H2,(H2,24,25,26). The highest BCUT2D eigenvalue weighted by Crippen LogP contribution is 2.23. The monoisotopic (exact) mass is 406 g/mol. The van der Waals surface area contributed by atoms with Gasteiger partial charge in [0.25, 0.3) is 0 Å². The van der Waals surface area contributed by atoms with Crippen molar-refractivity contribution in [3.05, 3.63) is 84.2 Å². The molecule has 3 rings (SSSR count). The van der Waals surface area contributed by atoms with E-state index in [4.69, 9.17) is 5.26 Å². The fourth-order valence-electron chi connectivity index (χ4n) is 2.59. The number of pyridine rings is 1. The van der Waals surface area contributed by atoms with Crippen LogP contribution in [0.5, 0.6) is 0 Å². The van der Waals surface area contributed by atoms with Gasteiger partial charge in [0.15, 0.2) is 0 Å². The number of urea groups is 1. The Balaban J connectivity index is 1.64. The smallest absolute Gasteiger partial charge is 0.319 e. The van der Waals surface area contributed by atoms with E-state index in [9.17, 15) is 13.2 Å². The molecule has 2 N–H and O–H groups in total. The van der Waals surface area contributed by atoms with Gasteiger partial charge in [-0.3, -0.25) is 4.98 Å². The fourth-order valence-corrected chi connectivity index (χ4v) is 3.85. The van der Waals surface area contributed by atoms with Crippen LogP contribution in [-0.4, -0.2) is 19.4 Å². The molecule has 8 heteroatoms. The summed E-state index contributed by atoms with van der Waals surface area (Å²) in [5.41, 5.74) is 2.09. The predicted molar refractivity (Wildman–Crippen MR) is 108 cm³/mol. The van der Waals surface area contributed by atoms with E-state index in [2.05, 4.69) is 15.6 Å². The molecule has 0 radical (unpaired) electrons. The van der Waals surface area contributed by atoms with Crippen LogP contribution < -0.4 is 10.6 Å². The van der Waals surface area contributed by atoms with Crippen molar-refractivity contribution in [1.82, 2.24) is 10.3 Å². The molecule has 3 aromatic rings. The molecule has 0 aliphatic heterocycles. The van der Waals surface area contributed by atoms with Gasteiger partial charge in [0.05, 0.1) is 22.3 Å².